The third-order valence-corrected chi connectivity index (χ3v) is 3.08. The standard InChI is InChI=1S/C13H15N3O3/c1-9-7-15(8-10(2)19-9)12-4-3-11(6-14)13(5-12)16(17)18/h3-5,9-10H,7-8H2,1-2H3/t9-,10+. The van der Waals surface area contributed by atoms with Crippen molar-refractivity contribution in [1.29, 1.82) is 5.26 Å². The molecule has 1 saturated heterocycles. The van der Waals surface area contributed by atoms with E-state index in [1.165, 1.54) is 12.1 Å². The molecule has 1 heterocycles. The molecule has 1 aliphatic heterocycles. The van der Waals surface area contributed by atoms with Gasteiger partial charge in [0.1, 0.15) is 11.6 Å². The second-order valence-electron chi connectivity index (χ2n) is 4.73. The molecule has 1 aliphatic rings. The molecular weight excluding hydrogens is 246 g/mol. The number of rotatable bonds is 2. The number of nitrogens with zero attached hydrogens (tertiary/aromatic N) is 3. The number of nitro groups is 1. The Balaban J connectivity index is 2.33. The quantitative estimate of drug-likeness (QED) is 0.601. The van der Waals surface area contributed by atoms with Crippen LogP contribution in [0.2, 0.25) is 0 Å². The van der Waals surface area contributed by atoms with E-state index in [4.69, 9.17) is 10.00 Å². The van der Waals surface area contributed by atoms with Gasteiger partial charge in [-0.25, -0.2) is 0 Å². The first-order chi connectivity index (χ1) is 9.01. The second kappa shape index (κ2) is 5.24. The van der Waals surface area contributed by atoms with Crippen LogP contribution >= 0.6 is 0 Å². The molecular formula is C13H15N3O3. The fourth-order valence-electron chi connectivity index (χ4n) is 2.35. The van der Waals surface area contributed by atoms with E-state index in [9.17, 15) is 10.1 Å². The third kappa shape index (κ3) is 2.83. The average Bonchev–Trinajstić information content (AvgIpc) is 2.36. The summed E-state index contributed by atoms with van der Waals surface area (Å²) >= 11 is 0. The number of ether oxygens (including phenoxy) is 1. The van der Waals surface area contributed by atoms with E-state index < -0.39 is 4.92 Å². The molecule has 1 fully saturated rings. The molecule has 6 heteroatoms. The fraction of sp³-hybridized carbons (Fsp3) is 0.462. The molecule has 0 bridgehead atoms. The first-order valence-corrected chi connectivity index (χ1v) is 6.10. The van der Waals surface area contributed by atoms with Crippen molar-refractivity contribution < 1.29 is 9.66 Å². The smallest absolute Gasteiger partial charge is 0.289 e. The Morgan fingerprint density at radius 1 is 1.42 bits per heavy atom. The third-order valence-electron chi connectivity index (χ3n) is 3.08. The molecule has 0 radical (unpaired) electrons. The van der Waals surface area contributed by atoms with Gasteiger partial charge < -0.3 is 9.64 Å². The van der Waals surface area contributed by atoms with E-state index in [-0.39, 0.29) is 23.5 Å². The molecule has 0 aliphatic carbocycles. The first kappa shape index (κ1) is 13.3. The Hall–Kier alpha value is -2.13. The molecule has 0 saturated carbocycles. The average molecular weight is 261 g/mol. The van der Waals surface area contributed by atoms with Crippen molar-refractivity contribution in [1.82, 2.24) is 0 Å². The summed E-state index contributed by atoms with van der Waals surface area (Å²) in [4.78, 5) is 12.5. The molecule has 1 aromatic carbocycles. The van der Waals surface area contributed by atoms with Crippen molar-refractivity contribution in [3.8, 4) is 6.07 Å². The zero-order valence-corrected chi connectivity index (χ0v) is 10.9. The highest BCUT2D eigenvalue weighted by atomic mass is 16.6. The normalized spacial score (nSPS) is 22.9. The van der Waals surface area contributed by atoms with E-state index in [0.29, 0.717) is 13.1 Å². The van der Waals surface area contributed by atoms with E-state index in [2.05, 4.69) is 0 Å². The number of nitriles is 1. The van der Waals surface area contributed by atoms with Crippen molar-refractivity contribution in [2.45, 2.75) is 26.1 Å². The van der Waals surface area contributed by atoms with E-state index >= 15 is 0 Å². The van der Waals surface area contributed by atoms with E-state index in [0.717, 1.165) is 5.69 Å². The Bertz CT molecular complexity index is 528. The topological polar surface area (TPSA) is 79.4 Å². The summed E-state index contributed by atoms with van der Waals surface area (Å²) in [5.41, 5.74) is 0.697. The minimum Gasteiger partial charge on any atom is -0.372 e. The van der Waals surface area contributed by atoms with Gasteiger partial charge >= 0.3 is 0 Å². The lowest BCUT2D eigenvalue weighted by Gasteiger charge is -2.36. The maximum absolute atomic E-state index is 11.0. The summed E-state index contributed by atoms with van der Waals surface area (Å²) in [5, 5.41) is 19.8. The number of hydrogen-bond donors (Lipinski definition) is 0. The highest BCUT2D eigenvalue weighted by molar-refractivity contribution is 5.60. The molecule has 100 valence electrons. The van der Waals surface area contributed by atoms with Crippen molar-refractivity contribution in [3.05, 3.63) is 33.9 Å². The molecule has 6 nitrogen and oxygen atoms in total. The van der Waals surface area contributed by atoms with Crippen molar-refractivity contribution in [3.63, 3.8) is 0 Å². The van der Waals surface area contributed by atoms with Crippen LogP contribution in [0.1, 0.15) is 19.4 Å². The fourth-order valence-corrected chi connectivity index (χ4v) is 2.35. The van der Waals surface area contributed by atoms with E-state index in [1.54, 1.807) is 6.07 Å². The van der Waals surface area contributed by atoms with Crippen LogP contribution in [-0.2, 0) is 4.74 Å². The Morgan fingerprint density at radius 3 is 2.58 bits per heavy atom. The lowest BCUT2D eigenvalue weighted by Crippen LogP contribution is -2.45. The number of hydrogen-bond acceptors (Lipinski definition) is 5. The molecule has 0 aromatic heterocycles. The molecule has 0 amide bonds. The van der Waals surface area contributed by atoms with Crippen molar-refractivity contribution in [2.24, 2.45) is 0 Å². The summed E-state index contributed by atoms with van der Waals surface area (Å²) in [6.45, 7) is 5.32. The molecule has 2 atom stereocenters. The summed E-state index contributed by atoms with van der Waals surface area (Å²) in [6.07, 6.45) is 0.164. The van der Waals surface area contributed by atoms with Gasteiger partial charge in [0.25, 0.3) is 5.69 Å². The second-order valence-corrected chi connectivity index (χ2v) is 4.73. The minimum absolute atomic E-state index is 0.0819. The predicted octanol–water partition coefficient (Wildman–Crippen LogP) is 2.08. The first-order valence-electron chi connectivity index (χ1n) is 6.10. The highest BCUT2D eigenvalue weighted by Gasteiger charge is 2.24. The van der Waals surface area contributed by atoms with Crippen LogP contribution < -0.4 is 4.90 Å². The van der Waals surface area contributed by atoms with Crippen LogP contribution in [0, 0.1) is 21.4 Å². The summed E-state index contributed by atoms with van der Waals surface area (Å²) in [6, 6.07) is 6.55. The van der Waals surface area contributed by atoms with E-state index in [1.807, 2.05) is 24.8 Å². The molecule has 1 aromatic rings. The van der Waals surface area contributed by atoms with Gasteiger partial charge in [-0.05, 0) is 26.0 Å². The summed E-state index contributed by atoms with van der Waals surface area (Å²) < 4.78 is 5.63. The Morgan fingerprint density at radius 2 is 2.05 bits per heavy atom. The lowest BCUT2D eigenvalue weighted by atomic mass is 10.1. The highest BCUT2D eigenvalue weighted by Crippen LogP contribution is 2.27. The maximum Gasteiger partial charge on any atom is 0.289 e. The van der Waals surface area contributed by atoms with Crippen LogP contribution in [0.25, 0.3) is 0 Å². The maximum atomic E-state index is 11.0. The number of nitro benzene ring substituents is 1. The lowest BCUT2D eigenvalue weighted by molar-refractivity contribution is -0.385. The molecule has 0 spiro atoms. The summed E-state index contributed by atoms with van der Waals surface area (Å²) in [7, 11) is 0. The molecule has 2 rings (SSSR count). The minimum atomic E-state index is -0.518. The Kier molecular flexibility index (Phi) is 3.67. The van der Waals surface area contributed by atoms with Gasteiger partial charge in [0, 0.05) is 24.8 Å². The Labute approximate surface area is 111 Å². The number of benzene rings is 1. The molecule has 19 heavy (non-hydrogen) atoms. The zero-order valence-electron chi connectivity index (χ0n) is 10.9. The molecule has 0 unspecified atom stereocenters. The molecule has 0 N–H and O–H groups in total. The van der Waals surface area contributed by atoms with Crippen LogP contribution in [0.3, 0.4) is 0 Å². The van der Waals surface area contributed by atoms with Crippen molar-refractivity contribution >= 4 is 11.4 Å². The van der Waals surface area contributed by atoms with Gasteiger partial charge in [-0.1, -0.05) is 0 Å². The van der Waals surface area contributed by atoms with Crippen LogP contribution in [0.5, 0.6) is 0 Å². The van der Waals surface area contributed by atoms with Crippen LogP contribution in [-0.4, -0.2) is 30.2 Å². The van der Waals surface area contributed by atoms with Gasteiger partial charge in [0.05, 0.1) is 17.1 Å². The summed E-state index contributed by atoms with van der Waals surface area (Å²) in [5.74, 6) is 0. The van der Waals surface area contributed by atoms with Crippen LogP contribution in [0.15, 0.2) is 18.2 Å². The van der Waals surface area contributed by atoms with Gasteiger partial charge in [-0.3, -0.25) is 10.1 Å². The predicted molar refractivity (Wildman–Crippen MR) is 70.0 cm³/mol. The number of morpholine rings is 1. The zero-order chi connectivity index (χ0) is 14.0. The van der Waals surface area contributed by atoms with Gasteiger partial charge in [0.15, 0.2) is 0 Å². The van der Waals surface area contributed by atoms with Crippen LogP contribution in [0.4, 0.5) is 11.4 Å². The SMILES string of the molecule is C[C@@H]1CN(c2ccc(C#N)c([N+](=O)[O-])c2)C[C@H](C)O1. The largest absolute Gasteiger partial charge is 0.372 e. The van der Waals surface area contributed by atoms with Crippen molar-refractivity contribution in [2.75, 3.05) is 18.0 Å². The van der Waals surface area contributed by atoms with Gasteiger partial charge in [-0.2, -0.15) is 5.26 Å². The van der Waals surface area contributed by atoms with Gasteiger partial charge in [-0.15, -0.1) is 0 Å². The van der Waals surface area contributed by atoms with Gasteiger partial charge in [0.2, 0.25) is 0 Å². The monoisotopic (exact) mass is 261 g/mol. The number of anilines is 1.